The van der Waals surface area contributed by atoms with E-state index in [-0.39, 0.29) is 16.9 Å². The van der Waals surface area contributed by atoms with Gasteiger partial charge in [-0.1, -0.05) is 13.3 Å². The number of hydrogen-bond donors (Lipinski definition) is 1. The average molecular weight is 338 g/mol. The molecule has 3 rings (SSSR count). The molecule has 1 amide bonds. The maximum atomic E-state index is 12.6. The molecule has 1 N–H and O–H groups in total. The van der Waals surface area contributed by atoms with Crippen molar-refractivity contribution < 1.29 is 9.53 Å². The molecule has 0 spiro atoms. The fraction of sp³-hybridized carbons (Fsp3) is 0.571. The molecule has 0 radical (unpaired) electrons. The molecule has 1 aliphatic rings. The molecule has 2 aromatic rings. The van der Waals surface area contributed by atoms with Crippen LogP contribution in [0, 0.1) is 0 Å². The number of hydrogen-bond acceptors (Lipinski definition) is 6. The highest BCUT2D eigenvalue weighted by Gasteiger charge is 2.25. The maximum Gasteiger partial charge on any atom is 0.328 e. The van der Waals surface area contributed by atoms with Crippen LogP contribution in [0.15, 0.2) is 9.59 Å². The van der Waals surface area contributed by atoms with E-state index in [0.717, 1.165) is 28.9 Å². The highest BCUT2D eigenvalue weighted by atomic mass is 32.1. The van der Waals surface area contributed by atoms with Crippen molar-refractivity contribution in [3.63, 3.8) is 0 Å². The van der Waals surface area contributed by atoms with Gasteiger partial charge in [-0.15, -0.1) is 0 Å². The lowest BCUT2D eigenvalue weighted by atomic mass is 10.3. The van der Waals surface area contributed by atoms with Crippen molar-refractivity contribution in [3.8, 4) is 0 Å². The van der Waals surface area contributed by atoms with Crippen molar-refractivity contribution in [2.75, 3.05) is 26.3 Å². The van der Waals surface area contributed by atoms with Crippen molar-refractivity contribution in [2.45, 2.75) is 26.3 Å². The van der Waals surface area contributed by atoms with Gasteiger partial charge in [0.1, 0.15) is 4.88 Å². The van der Waals surface area contributed by atoms with Crippen molar-refractivity contribution in [2.24, 2.45) is 0 Å². The van der Waals surface area contributed by atoms with Crippen LogP contribution >= 0.6 is 11.5 Å². The van der Waals surface area contributed by atoms with Crippen molar-refractivity contribution in [3.05, 3.63) is 25.7 Å². The Kier molecular flexibility index (Phi) is 4.58. The molecule has 0 atom stereocenters. The summed E-state index contributed by atoms with van der Waals surface area (Å²) in [7, 11) is 0. The third-order valence-electron chi connectivity index (χ3n) is 3.84. The zero-order valence-electron chi connectivity index (χ0n) is 12.8. The fourth-order valence-corrected chi connectivity index (χ4v) is 3.32. The topological polar surface area (TPSA) is 97.3 Å². The smallest absolute Gasteiger partial charge is 0.328 e. The summed E-state index contributed by atoms with van der Waals surface area (Å²) >= 11 is 0.955. The third kappa shape index (κ3) is 2.93. The van der Waals surface area contributed by atoms with Gasteiger partial charge in [-0.25, -0.2) is 4.79 Å². The van der Waals surface area contributed by atoms with Gasteiger partial charge in [-0.05, 0) is 18.0 Å². The van der Waals surface area contributed by atoms with Gasteiger partial charge >= 0.3 is 5.69 Å². The largest absolute Gasteiger partial charge is 0.378 e. The second-order valence-corrected chi connectivity index (χ2v) is 6.15. The number of morpholine rings is 1. The summed E-state index contributed by atoms with van der Waals surface area (Å²) in [6.07, 6.45) is 1.61. The number of carbonyl (C=O) groups is 1. The van der Waals surface area contributed by atoms with Crippen LogP contribution in [0.1, 0.15) is 29.4 Å². The molecule has 0 bridgehead atoms. The first-order chi connectivity index (χ1) is 11.1. The number of ether oxygens (including phenoxy) is 1. The van der Waals surface area contributed by atoms with E-state index < -0.39 is 11.2 Å². The van der Waals surface area contributed by atoms with Crippen LogP contribution in [0.25, 0.3) is 11.0 Å². The Hall–Kier alpha value is -2.00. The minimum Gasteiger partial charge on any atom is -0.378 e. The molecule has 0 unspecified atom stereocenters. The van der Waals surface area contributed by atoms with Crippen molar-refractivity contribution >= 4 is 28.5 Å². The zero-order chi connectivity index (χ0) is 16.4. The summed E-state index contributed by atoms with van der Waals surface area (Å²) in [6, 6.07) is 0. The van der Waals surface area contributed by atoms with E-state index >= 15 is 0 Å². The highest BCUT2D eigenvalue weighted by molar-refractivity contribution is 7.09. The quantitative estimate of drug-likeness (QED) is 0.871. The lowest BCUT2D eigenvalue weighted by molar-refractivity contribution is 0.0307. The molecule has 23 heavy (non-hydrogen) atoms. The second kappa shape index (κ2) is 6.63. The molecule has 1 saturated heterocycles. The molecule has 8 nitrogen and oxygen atoms in total. The van der Waals surface area contributed by atoms with Crippen molar-refractivity contribution in [1.82, 2.24) is 18.8 Å². The molecule has 0 saturated carbocycles. The number of aromatic amines is 1. The average Bonchev–Trinajstić information content (AvgIpc) is 2.98. The van der Waals surface area contributed by atoms with Crippen LogP contribution in [0.3, 0.4) is 0 Å². The lowest BCUT2D eigenvalue weighted by Gasteiger charge is -2.26. The Morgan fingerprint density at radius 1 is 1.35 bits per heavy atom. The number of unbranched alkanes of at least 4 members (excludes halogenated alkanes) is 1. The van der Waals surface area contributed by atoms with E-state index in [1.807, 2.05) is 6.92 Å². The zero-order valence-corrected chi connectivity index (χ0v) is 13.6. The second-order valence-electron chi connectivity index (χ2n) is 5.38. The van der Waals surface area contributed by atoms with Gasteiger partial charge in [0.2, 0.25) is 0 Å². The van der Waals surface area contributed by atoms with Crippen LogP contribution < -0.4 is 11.2 Å². The summed E-state index contributed by atoms with van der Waals surface area (Å²) in [4.78, 5) is 41.7. The molecule has 3 heterocycles. The minimum atomic E-state index is -0.493. The highest BCUT2D eigenvalue weighted by Crippen LogP contribution is 2.19. The van der Waals surface area contributed by atoms with E-state index in [9.17, 15) is 14.4 Å². The van der Waals surface area contributed by atoms with Crippen LogP contribution in [0.4, 0.5) is 0 Å². The maximum absolute atomic E-state index is 12.6. The van der Waals surface area contributed by atoms with Crippen LogP contribution in [0.5, 0.6) is 0 Å². The van der Waals surface area contributed by atoms with E-state index in [2.05, 4.69) is 9.36 Å². The van der Waals surface area contributed by atoms with E-state index in [0.29, 0.717) is 37.7 Å². The van der Waals surface area contributed by atoms with Gasteiger partial charge in [-0.3, -0.25) is 14.2 Å². The number of nitrogens with zero attached hydrogens (tertiary/aromatic N) is 3. The molecule has 1 fully saturated rings. The summed E-state index contributed by atoms with van der Waals surface area (Å²) in [5, 5.41) is 0. The Morgan fingerprint density at radius 3 is 2.78 bits per heavy atom. The summed E-state index contributed by atoms with van der Waals surface area (Å²) in [6.45, 7) is 4.31. The number of aromatic nitrogens is 3. The first-order valence-corrected chi connectivity index (χ1v) is 8.40. The van der Waals surface area contributed by atoms with Gasteiger partial charge in [0.15, 0.2) is 5.52 Å². The summed E-state index contributed by atoms with van der Waals surface area (Å²) < 4.78 is 10.5. The van der Waals surface area contributed by atoms with E-state index in [1.54, 1.807) is 4.90 Å². The molecular weight excluding hydrogens is 320 g/mol. The van der Waals surface area contributed by atoms with Gasteiger partial charge in [0.05, 0.1) is 18.7 Å². The third-order valence-corrected chi connectivity index (χ3v) is 4.68. The molecule has 2 aromatic heterocycles. The molecule has 1 aliphatic heterocycles. The Morgan fingerprint density at radius 2 is 2.09 bits per heavy atom. The van der Waals surface area contributed by atoms with Gasteiger partial charge < -0.3 is 14.6 Å². The Balaban J connectivity index is 2.02. The first-order valence-electron chi connectivity index (χ1n) is 7.63. The summed E-state index contributed by atoms with van der Waals surface area (Å²) in [5.74, 6) is -0.220. The minimum absolute atomic E-state index is 0.155. The van der Waals surface area contributed by atoms with Crippen LogP contribution in [-0.2, 0) is 11.3 Å². The van der Waals surface area contributed by atoms with Gasteiger partial charge in [0, 0.05) is 19.6 Å². The number of carbonyl (C=O) groups excluding carboxylic acids is 1. The van der Waals surface area contributed by atoms with Gasteiger partial charge in [-0.2, -0.15) is 4.37 Å². The molecule has 9 heteroatoms. The SMILES string of the molecule is CCCCn1c(=O)[nH]c2c(C(=O)N3CCOCC3)snc2c1=O. The van der Waals surface area contributed by atoms with Gasteiger partial charge in [0.25, 0.3) is 11.5 Å². The normalized spacial score (nSPS) is 15.3. The Labute approximate surface area is 135 Å². The number of fused-ring (bicyclic) bond motifs is 1. The standard InChI is InChI=1S/C14H18N4O4S/c1-2-3-4-18-12(19)10-9(15-14(18)21)11(23-16-10)13(20)17-5-7-22-8-6-17/h2-8H2,1H3,(H,15,21). The fourth-order valence-electron chi connectivity index (χ4n) is 2.52. The monoisotopic (exact) mass is 338 g/mol. The lowest BCUT2D eigenvalue weighted by Crippen LogP contribution is -2.40. The molecule has 124 valence electrons. The first kappa shape index (κ1) is 15.9. The van der Waals surface area contributed by atoms with Crippen LogP contribution in [-0.4, -0.2) is 51.0 Å². The van der Waals surface area contributed by atoms with Crippen molar-refractivity contribution in [1.29, 1.82) is 0 Å². The Bertz CT molecular complexity index is 831. The molecular formula is C14H18N4O4S. The number of H-pyrrole nitrogens is 1. The predicted molar refractivity (Wildman–Crippen MR) is 86.1 cm³/mol. The molecule has 0 aromatic carbocycles. The number of nitrogens with one attached hydrogen (secondary N) is 1. The number of amides is 1. The molecule has 0 aliphatic carbocycles. The predicted octanol–water partition coefficient (Wildman–Crippen LogP) is 0.419. The summed E-state index contributed by atoms with van der Waals surface area (Å²) in [5.41, 5.74) is -0.529. The number of rotatable bonds is 4. The van der Waals surface area contributed by atoms with E-state index in [1.165, 1.54) is 0 Å². The van der Waals surface area contributed by atoms with E-state index in [4.69, 9.17) is 4.74 Å². The van der Waals surface area contributed by atoms with Crippen LogP contribution in [0.2, 0.25) is 0 Å².